The molecule has 2 aliphatic rings. The predicted octanol–water partition coefficient (Wildman–Crippen LogP) is 3.98. The Morgan fingerprint density at radius 1 is 0.976 bits per heavy atom. The first-order valence-corrected chi connectivity index (χ1v) is 14.4. The predicted molar refractivity (Wildman–Crippen MR) is 157 cm³/mol. The van der Waals surface area contributed by atoms with Crippen LogP contribution in [0.15, 0.2) is 55.1 Å². The van der Waals surface area contributed by atoms with Gasteiger partial charge in [0, 0.05) is 49.1 Å². The third-order valence-electron chi connectivity index (χ3n) is 7.92. The van der Waals surface area contributed by atoms with E-state index < -0.39 is 17.8 Å². The molecular formula is C30H34FN9O2. The zero-order valence-corrected chi connectivity index (χ0v) is 23.2. The molecule has 2 fully saturated rings. The maximum Gasteiger partial charge on any atom is 0.276 e. The van der Waals surface area contributed by atoms with Gasteiger partial charge in [-0.05, 0) is 62.6 Å². The first kappa shape index (κ1) is 27.7. The number of halogens is 1. The second-order valence-electron chi connectivity index (χ2n) is 11.2. The summed E-state index contributed by atoms with van der Waals surface area (Å²) in [4.78, 5) is 38.3. The number of rotatable bonds is 11. The molecule has 4 aromatic heterocycles. The van der Waals surface area contributed by atoms with Crippen molar-refractivity contribution in [3.8, 4) is 0 Å². The number of fused-ring (bicyclic) bond motifs is 1. The quantitative estimate of drug-likeness (QED) is 0.209. The molecule has 0 aliphatic heterocycles. The highest BCUT2D eigenvalue weighted by atomic mass is 19.1. The molecular weight excluding hydrogens is 537 g/mol. The van der Waals surface area contributed by atoms with Gasteiger partial charge in [-0.1, -0.05) is 6.07 Å². The summed E-state index contributed by atoms with van der Waals surface area (Å²) in [6.45, 7) is 0. The van der Waals surface area contributed by atoms with Gasteiger partial charge < -0.3 is 21.7 Å². The van der Waals surface area contributed by atoms with Crippen LogP contribution in [0.5, 0.6) is 0 Å². The Labute approximate surface area is 242 Å². The molecule has 0 radical (unpaired) electrons. The number of amides is 1. The normalized spacial score (nSPS) is 19.3. The van der Waals surface area contributed by atoms with E-state index in [1.54, 1.807) is 6.20 Å². The third kappa shape index (κ3) is 6.54. The maximum absolute atomic E-state index is 14.1. The first-order valence-electron chi connectivity index (χ1n) is 14.4. The van der Waals surface area contributed by atoms with Crippen LogP contribution in [0, 0.1) is 11.7 Å². The number of nitrogens with two attached hydrogens (primary N) is 1. The van der Waals surface area contributed by atoms with Crippen LogP contribution in [0.4, 0.5) is 21.6 Å². The molecule has 6 rings (SSSR count). The Hall–Kier alpha value is -4.45. The highest BCUT2D eigenvalue weighted by molar-refractivity contribution is 6.03. The number of nitrogens with zero attached hydrogens (tertiary/aromatic N) is 5. The minimum Gasteiger partial charge on any atom is -0.379 e. The van der Waals surface area contributed by atoms with E-state index in [2.05, 4.69) is 30.9 Å². The molecule has 42 heavy (non-hydrogen) atoms. The fraction of sp³-hybridized carbons (Fsp3) is 0.400. The van der Waals surface area contributed by atoms with Crippen molar-refractivity contribution in [2.45, 2.75) is 69.5 Å². The Bertz CT molecular complexity index is 1570. The summed E-state index contributed by atoms with van der Waals surface area (Å²) in [6, 6.07) is 8.95. The van der Waals surface area contributed by atoms with Crippen LogP contribution in [0.1, 0.15) is 61.1 Å². The van der Waals surface area contributed by atoms with E-state index in [9.17, 15) is 14.0 Å². The summed E-state index contributed by atoms with van der Waals surface area (Å²) >= 11 is 0. The van der Waals surface area contributed by atoms with Gasteiger partial charge in [0.15, 0.2) is 17.2 Å². The van der Waals surface area contributed by atoms with Crippen LogP contribution < -0.4 is 21.7 Å². The van der Waals surface area contributed by atoms with Crippen LogP contribution in [-0.2, 0) is 11.2 Å². The summed E-state index contributed by atoms with van der Waals surface area (Å²) in [5.41, 5.74) is 8.55. The van der Waals surface area contributed by atoms with E-state index in [1.807, 2.05) is 24.3 Å². The number of hydrogen-bond acceptors (Lipinski definition) is 9. The van der Waals surface area contributed by atoms with Gasteiger partial charge in [-0.3, -0.25) is 19.6 Å². The maximum atomic E-state index is 14.1. The van der Waals surface area contributed by atoms with Crippen LogP contribution >= 0.6 is 0 Å². The number of carbonyl (C=O) groups excluding carboxylic acids is 2. The molecule has 218 valence electrons. The summed E-state index contributed by atoms with van der Waals surface area (Å²) < 4.78 is 15.6. The van der Waals surface area contributed by atoms with E-state index in [4.69, 9.17) is 10.8 Å². The molecule has 0 saturated heterocycles. The van der Waals surface area contributed by atoms with E-state index in [1.165, 1.54) is 23.0 Å². The SMILES string of the molecule is N[C@@H](Cc1ccccn1)C(=O)CC1CCC(Nc2cc(NC3CC3)c3ncc(C(=O)Nc4ccncc4F)n3n2)CC1. The number of aromatic nitrogens is 5. The number of anilines is 3. The molecule has 5 N–H and O–H groups in total. The third-order valence-corrected chi connectivity index (χ3v) is 7.92. The van der Waals surface area contributed by atoms with Crippen LogP contribution in [-0.4, -0.2) is 54.4 Å². The first-order chi connectivity index (χ1) is 20.4. The number of imidazole rings is 1. The molecule has 0 aromatic carbocycles. The molecule has 2 aliphatic carbocycles. The zero-order valence-electron chi connectivity index (χ0n) is 23.2. The highest BCUT2D eigenvalue weighted by Crippen LogP contribution is 2.32. The molecule has 12 heteroatoms. The standard InChI is InChI=1S/C30H34FN9O2/c31-22-16-33-12-10-24(22)38-30(42)26-17-35-29-25(36-19-8-9-19)15-28(39-40(26)29)37-20-6-4-18(5-7-20)13-27(41)23(32)14-21-3-1-2-11-34-21/h1-3,10-12,15-20,23,36H,4-9,13-14,32H2,(H,37,39)(H,33,38,42)/t18?,20?,23-/m0/s1. The molecule has 1 amide bonds. The van der Waals surface area contributed by atoms with Gasteiger partial charge in [-0.25, -0.2) is 13.9 Å². The van der Waals surface area contributed by atoms with Crippen molar-refractivity contribution in [1.82, 2.24) is 24.6 Å². The largest absolute Gasteiger partial charge is 0.379 e. The molecule has 11 nitrogen and oxygen atoms in total. The summed E-state index contributed by atoms with van der Waals surface area (Å²) in [5.74, 6) is -0.160. The van der Waals surface area contributed by atoms with Gasteiger partial charge in [0.1, 0.15) is 11.6 Å². The van der Waals surface area contributed by atoms with Gasteiger partial charge in [-0.15, -0.1) is 5.10 Å². The lowest BCUT2D eigenvalue weighted by molar-refractivity contribution is -0.121. The van der Waals surface area contributed by atoms with Crippen molar-refractivity contribution in [2.75, 3.05) is 16.0 Å². The smallest absolute Gasteiger partial charge is 0.276 e. The molecule has 0 bridgehead atoms. The Balaban J connectivity index is 1.11. The summed E-state index contributed by atoms with van der Waals surface area (Å²) in [5, 5.41) is 14.3. The van der Waals surface area contributed by atoms with E-state index >= 15 is 0 Å². The van der Waals surface area contributed by atoms with E-state index in [0.29, 0.717) is 36.3 Å². The van der Waals surface area contributed by atoms with Crippen LogP contribution in [0.3, 0.4) is 0 Å². The van der Waals surface area contributed by atoms with E-state index in [-0.39, 0.29) is 23.2 Å². The van der Waals surface area contributed by atoms with Gasteiger partial charge in [0.05, 0.1) is 29.8 Å². The number of carbonyl (C=O) groups is 2. The number of hydrogen-bond donors (Lipinski definition) is 4. The minimum absolute atomic E-state index is 0.0310. The average molecular weight is 572 g/mol. The fourth-order valence-corrected chi connectivity index (χ4v) is 5.42. The van der Waals surface area contributed by atoms with Gasteiger partial charge in [0.2, 0.25) is 0 Å². The second-order valence-corrected chi connectivity index (χ2v) is 11.2. The lowest BCUT2D eigenvalue weighted by Gasteiger charge is -2.29. The van der Waals surface area contributed by atoms with Crippen molar-refractivity contribution in [1.29, 1.82) is 0 Å². The topological polar surface area (TPSA) is 152 Å². The Kier molecular flexibility index (Phi) is 8.04. The van der Waals surface area contributed by atoms with Crippen molar-refractivity contribution in [3.63, 3.8) is 0 Å². The summed E-state index contributed by atoms with van der Waals surface area (Å²) in [7, 11) is 0. The molecule has 0 unspecified atom stereocenters. The monoisotopic (exact) mass is 571 g/mol. The average Bonchev–Trinajstić information content (AvgIpc) is 3.70. The fourth-order valence-electron chi connectivity index (χ4n) is 5.42. The van der Waals surface area contributed by atoms with Gasteiger partial charge in [0.25, 0.3) is 5.91 Å². The number of ketones is 1. The molecule has 2 saturated carbocycles. The van der Waals surface area contributed by atoms with Crippen molar-refractivity contribution >= 4 is 34.5 Å². The van der Waals surface area contributed by atoms with E-state index in [0.717, 1.165) is 56.1 Å². The minimum atomic E-state index is -0.626. The van der Waals surface area contributed by atoms with Crippen LogP contribution in [0.2, 0.25) is 0 Å². The number of pyridine rings is 2. The van der Waals surface area contributed by atoms with Gasteiger partial charge in [-0.2, -0.15) is 0 Å². The highest BCUT2D eigenvalue weighted by Gasteiger charge is 2.27. The number of Topliss-reactive ketones (excluding diaryl/α,β-unsaturated/α-hetero) is 1. The molecule has 4 aromatic rings. The lowest BCUT2D eigenvalue weighted by Crippen LogP contribution is -2.35. The Morgan fingerprint density at radius 3 is 2.50 bits per heavy atom. The van der Waals surface area contributed by atoms with Crippen molar-refractivity contribution in [2.24, 2.45) is 11.7 Å². The van der Waals surface area contributed by atoms with Crippen molar-refractivity contribution in [3.05, 3.63) is 72.3 Å². The van der Waals surface area contributed by atoms with Gasteiger partial charge >= 0.3 is 0 Å². The van der Waals surface area contributed by atoms with Crippen LogP contribution in [0.25, 0.3) is 5.65 Å². The molecule has 4 heterocycles. The Morgan fingerprint density at radius 2 is 1.76 bits per heavy atom. The summed E-state index contributed by atoms with van der Waals surface area (Å²) in [6.07, 6.45) is 12.3. The lowest BCUT2D eigenvalue weighted by atomic mass is 9.82. The zero-order chi connectivity index (χ0) is 29.1. The molecule has 1 atom stereocenters. The molecule has 0 spiro atoms. The van der Waals surface area contributed by atoms with Crippen molar-refractivity contribution < 1.29 is 14.0 Å². The second kappa shape index (κ2) is 12.2. The number of nitrogens with one attached hydrogen (secondary N) is 3.